The summed E-state index contributed by atoms with van der Waals surface area (Å²) in [6.45, 7) is 7.19. The Labute approximate surface area is 155 Å². The molecule has 0 aliphatic heterocycles. The first kappa shape index (κ1) is 19.1. The lowest BCUT2D eigenvalue weighted by atomic mass is 10.1. The summed E-state index contributed by atoms with van der Waals surface area (Å²) in [7, 11) is 1.54. The Morgan fingerprint density at radius 2 is 1.88 bits per heavy atom. The maximum atomic E-state index is 6.01. The molecule has 1 N–H and O–H groups in total. The second-order valence-corrected chi connectivity index (χ2v) is 5.98. The lowest BCUT2D eigenvalue weighted by Crippen LogP contribution is -2.13. The van der Waals surface area contributed by atoms with Crippen LogP contribution >= 0.6 is 12.2 Å². The minimum atomic E-state index is 0.304. The number of rotatable bonds is 7. The summed E-state index contributed by atoms with van der Waals surface area (Å²) in [5.41, 5.74) is 4.23. The van der Waals surface area contributed by atoms with Gasteiger partial charge >= 0.3 is 0 Å². The molecule has 2 aromatic carbocycles. The molecule has 0 amide bonds. The van der Waals surface area contributed by atoms with Gasteiger partial charge in [-0.25, -0.2) is 0 Å². The number of hydrogen-bond donors (Lipinski definition) is 1. The zero-order chi connectivity index (χ0) is 18.2. The highest BCUT2D eigenvalue weighted by Crippen LogP contribution is 2.26. The molecular formula is C20H25NO3S. The Morgan fingerprint density at radius 3 is 2.52 bits per heavy atom. The molecule has 0 spiro atoms. The van der Waals surface area contributed by atoms with Gasteiger partial charge in [0.2, 0.25) is 0 Å². The Hall–Kier alpha value is -2.27. The molecule has 0 heterocycles. The fourth-order valence-corrected chi connectivity index (χ4v) is 2.57. The molecule has 0 bridgehead atoms. The molecule has 0 saturated carbocycles. The molecule has 4 nitrogen and oxygen atoms in total. The van der Waals surface area contributed by atoms with Crippen LogP contribution in [0.5, 0.6) is 11.5 Å². The predicted molar refractivity (Wildman–Crippen MR) is 106 cm³/mol. The van der Waals surface area contributed by atoms with Crippen LogP contribution in [0.3, 0.4) is 0 Å². The van der Waals surface area contributed by atoms with Gasteiger partial charge in [0.05, 0.1) is 19.4 Å². The average Bonchev–Trinajstić information content (AvgIpc) is 2.62. The summed E-state index contributed by atoms with van der Waals surface area (Å²) in [4.78, 5) is 0. The number of aryl methyl sites for hydroxylation is 2. The highest BCUT2D eigenvalue weighted by atomic mass is 32.1. The van der Waals surface area contributed by atoms with E-state index in [1.165, 1.54) is 12.7 Å². The molecule has 0 radical (unpaired) electrons. The predicted octanol–water partition coefficient (Wildman–Crippen LogP) is 4.88. The van der Waals surface area contributed by atoms with Crippen LogP contribution in [0.1, 0.15) is 30.5 Å². The average molecular weight is 359 g/mol. The van der Waals surface area contributed by atoms with E-state index < -0.39 is 0 Å². The molecule has 0 aromatic heterocycles. The first-order chi connectivity index (χ1) is 12.1. The fourth-order valence-electron chi connectivity index (χ4n) is 2.46. The standard InChI is InChI=1S/C20H25NO3S/c1-5-15-7-10-19(14(3)11-15)24-13-16-8-9-17(23-6-2)12-18(16)21-20(25)22-4/h7-12H,5-6,13H2,1-4H3,(H,21,25). The number of benzene rings is 2. The molecule has 0 saturated heterocycles. The minimum Gasteiger partial charge on any atom is -0.494 e. The first-order valence-electron chi connectivity index (χ1n) is 8.40. The molecular weight excluding hydrogens is 334 g/mol. The van der Waals surface area contributed by atoms with Crippen LogP contribution in [0, 0.1) is 6.92 Å². The van der Waals surface area contributed by atoms with E-state index in [0.29, 0.717) is 18.4 Å². The van der Waals surface area contributed by atoms with Gasteiger partial charge < -0.3 is 19.5 Å². The normalized spacial score (nSPS) is 10.2. The van der Waals surface area contributed by atoms with Crippen molar-refractivity contribution in [3.63, 3.8) is 0 Å². The number of anilines is 1. The van der Waals surface area contributed by atoms with E-state index in [0.717, 1.165) is 34.7 Å². The summed E-state index contributed by atoms with van der Waals surface area (Å²) >= 11 is 5.12. The van der Waals surface area contributed by atoms with Crippen molar-refractivity contribution in [2.45, 2.75) is 33.8 Å². The van der Waals surface area contributed by atoms with E-state index in [4.69, 9.17) is 26.4 Å². The van der Waals surface area contributed by atoms with Crippen LogP contribution in [0.25, 0.3) is 0 Å². The van der Waals surface area contributed by atoms with E-state index in [9.17, 15) is 0 Å². The lowest BCUT2D eigenvalue weighted by molar-refractivity contribution is 0.304. The molecule has 0 fully saturated rings. The third kappa shape index (κ3) is 5.36. The smallest absolute Gasteiger partial charge is 0.260 e. The van der Waals surface area contributed by atoms with Gasteiger partial charge in [-0.05, 0) is 61.8 Å². The monoisotopic (exact) mass is 359 g/mol. The third-order valence-corrected chi connectivity index (χ3v) is 4.11. The summed E-state index contributed by atoms with van der Waals surface area (Å²) in [6, 6.07) is 12.1. The van der Waals surface area contributed by atoms with Gasteiger partial charge in [-0.15, -0.1) is 0 Å². The van der Waals surface area contributed by atoms with E-state index >= 15 is 0 Å². The Balaban J connectivity index is 2.18. The Morgan fingerprint density at radius 1 is 1.08 bits per heavy atom. The maximum absolute atomic E-state index is 6.01. The largest absolute Gasteiger partial charge is 0.494 e. The van der Waals surface area contributed by atoms with Crippen molar-refractivity contribution in [3.05, 3.63) is 53.1 Å². The zero-order valence-electron chi connectivity index (χ0n) is 15.2. The quantitative estimate of drug-likeness (QED) is 0.714. The molecule has 0 unspecified atom stereocenters. The molecule has 0 atom stereocenters. The highest BCUT2D eigenvalue weighted by Gasteiger charge is 2.09. The van der Waals surface area contributed by atoms with E-state index in [1.807, 2.05) is 31.2 Å². The van der Waals surface area contributed by atoms with Crippen LogP contribution in [-0.4, -0.2) is 18.9 Å². The third-order valence-electron chi connectivity index (χ3n) is 3.85. The highest BCUT2D eigenvalue weighted by molar-refractivity contribution is 7.80. The molecule has 2 aromatic rings. The summed E-state index contributed by atoms with van der Waals surface area (Å²) < 4.78 is 16.6. The SMILES string of the molecule is CCOc1ccc(COc2ccc(CC)cc2C)c(NC(=S)OC)c1. The molecule has 2 rings (SSSR count). The number of methoxy groups -OCH3 is 1. The number of hydrogen-bond acceptors (Lipinski definition) is 4. The topological polar surface area (TPSA) is 39.7 Å². The van der Waals surface area contributed by atoms with Crippen molar-refractivity contribution >= 4 is 23.1 Å². The van der Waals surface area contributed by atoms with Crippen molar-refractivity contribution < 1.29 is 14.2 Å². The van der Waals surface area contributed by atoms with Gasteiger partial charge in [-0.1, -0.05) is 19.1 Å². The summed E-state index contributed by atoms with van der Waals surface area (Å²) in [5.74, 6) is 1.66. The second kappa shape index (κ2) is 9.28. The van der Waals surface area contributed by atoms with Crippen LogP contribution in [0.4, 0.5) is 5.69 Å². The van der Waals surface area contributed by atoms with Gasteiger partial charge in [0.15, 0.2) is 0 Å². The minimum absolute atomic E-state index is 0.304. The van der Waals surface area contributed by atoms with Crippen molar-refractivity contribution in [2.24, 2.45) is 0 Å². The summed E-state index contributed by atoms with van der Waals surface area (Å²) in [6.07, 6.45) is 1.02. The zero-order valence-corrected chi connectivity index (χ0v) is 16.0. The van der Waals surface area contributed by atoms with Crippen molar-refractivity contribution in [1.29, 1.82) is 0 Å². The Bertz CT molecular complexity index is 731. The van der Waals surface area contributed by atoms with E-state index in [2.05, 4.69) is 31.3 Å². The van der Waals surface area contributed by atoms with Crippen molar-refractivity contribution in [2.75, 3.05) is 19.0 Å². The maximum Gasteiger partial charge on any atom is 0.260 e. The van der Waals surface area contributed by atoms with Crippen LogP contribution in [0.15, 0.2) is 36.4 Å². The fraction of sp³-hybridized carbons (Fsp3) is 0.350. The van der Waals surface area contributed by atoms with E-state index in [1.54, 1.807) is 0 Å². The van der Waals surface area contributed by atoms with Gasteiger partial charge in [-0.3, -0.25) is 0 Å². The van der Waals surface area contributed by atoms with E-state index in [-0.39, 0.29) is 0 Å². The van der Waals surface area contributed by atoms with Crippen molar-refractivity contribution in [1.82, 2.24) is 0 Å². The lowest BCUT2D eigenvalue weighted by Gasteiger charge is -2.16. The van der Waals surface area contributed by atoms with Gasteiger partial charge in [0.25, 0.3) is 5.17 Å². The van der Waals surface area contributed by atoms with Crippen molar-refractivity contribution in [3.8, 4) is 11.5 Å². The number of thiocarbonyl (C=S) groups is 1. The van der Waals surface area contributed by atoms with Gasteiger partial charge in [0.1, 0.15) is 18.1 Å². The molecule has 5 heteroatoms. The van der Waals surface area contributed by atoms with Crippen LogP contribution in [0.2, 0.25) is 0 Å². The number of ether oxygens (including phenoxy) is 3. The summed E-state index contributed by atoms with van der Waals surface area (Å²) in [5, 5.41) is 3.38. The van der Waals surface area contributed by atoms with Crippen LogP contribution in [-0.2, 0) is 17.8 Å². The number of nitrogens with one attached hydrogen (secondary N) is 1. The second-order valence-electron chi connectivity index (χ2n) is 5.61. The first-order valence-corrected chi connectivity index (χ1v) is 8.81. The Kier molecular flexibility index (Phi) is 7.07. The molecule has 0 aliphatic carbocycles. The van der Waals surface area contributed by atoms with Crippen LogP contribution < -0.4 is 14.8 Å². The van der Waals surface area contributed by atoms with Gasteiger partial charge in [0, 0.05) is 11.6 Å². The molecule has 134 valence electrons. The van der Waals surface area contributed by atoms with Gasteiger partial charge in [-0.2, -0.15) is 0 Å². The molecule has 25 heavy (non-hydrogen) atoms. The molecule has 0 aliphatic rings.